The molecule has 1 amide bonds. The molecule has 0 aliphatic rings. The molecule has 0 bridgehead atoms. The molecule has 0 spiro atoms. The fraction of sp³-hybridized carbons (Fsp3) is 0.286. The summed E-state index contributed by atoms with van der Waals surface area (Å²) in [4.78, 5) is 17.2. The number of carbonyl (C=O) groups excluding carboxylic acids is 1. The summed E-state index contributed by atoms with van der Waals surface area (Å²) in [5.74, 6) is 1.08. The third-order valence-corrected chi connectivity index (χ3v) is 6.32. The molecule has 0 aliphatic heterocycles. The van der Waals surface area contributed by atoms with Gasteiger partial charge in [0, 0.05) is 24.5 Å². The second kappa shape index (κ2) is 10.2. The van der Waals surface area contributed by atoms with E-state index in [1.807, 2.05) is 30.3 Å². The smallest absolute Gasteiger partial charge is 0.224 e. The van der Waals surface area contributed by atoms with E-state index >= 15 is 0 Å². The summed E-state index contributed by atoms with van der Waals surface area (Å²) in [7, 11) is 0. The Labute approximate surface area is 200 Å². The van der Waals surface area contributed by atoms with Crippen molar-refractivity contribution in [1.29, 1.82) is 0 Å². The maximum absolute atomic E-state index is 12.3. The van der Waals surface area contributed by atoms with Crippen LogP contribution >= 0.6 is 11.6 Å². The average Bonchev–Trinajstić information content (AvgIpc) is 3.12. The van der Waals surface area contributed by atoms with Crippen molar-refractivity contribution in [3.05, 3.63) is 99.3 Å². The number of nitrogens with one attached hydrogen (secondary N) is 1. The van der Waals surface area contributed by atoms with Gasteiger partial charge in [-0.2, -0.15) is 0 Å². The molecule has 0 fully saturated rings. The Kier molecular flexibility index (Phi) is 7.14. The Morgan fingerprint density at radius 3 is 2.42 bits per heavy atom. The number of fused-ring (bicyclic) bond motifs is 1. The predicted octanol–water partition coefficient (Wildman–Crippen LogP) is 5.95. The fourth-order valence-corrected chi connectivity index (χ4v) is 4.56. The maximum atomic E-state index is 12.3. The van der Waals surface area contributed by atoms with Crippen molar-refractivity contribution < 1.29 is 4.79 Å². The van der Waals surface area contributed by atoms with Crippen LogP contribution < -0.4 is 5.32 Å². The number of halogens is 1. The van der Waals surface area contributed by atoms with Crippen molar-refractivity contribution in [2.75, 3.05) is 6.54 Å². The molecule has 1 N–H and O–H groups in total. The van der Waals surface area contributed by atoms with E-state index in [1.54, 1.807) is 0 Å². The number of rotatable bonds is 8. The first kappa shape index (κ1) is 23.1. The van der Waals surface area contributed by atoms with Crippen LogP contribution in [0.15, 0.2) is 60.7 Å². The molecule has 5 heteroatoms. The van der Waals surface area contributed by atoms with Gasteiger partial charge in [0.05, 0.1) is 17.5 Å². The van der Waals surface area contributed by atoms with Gasteiger partial charge in [0.25, 0.3) is 0 Å². The molecule has 1 aromatic heterocycles. The molecule has 3 aromatic carbocycles. The van der Waals surface area contributed by atoms with E-state index in [1.165, 1.54) is 22.3 Å². The standard InChI is InChI=1S/C28H30ClN3O/c1-19-15-20(2)24(21(3)16-19)18-32-26-8-5-4-7-25(26)31-27(32)9-6-14-30-28(33)17-22-10-12-23(29)13-11-22/h4-5,7-8,10-13,15-16H,6,9,14,17-18H2,1-3H3,(H,30,33). The van der Waals surface area contributed by atoms with Gasteiger partial charge >= 0.3 is 0 Å². The van der Waals surface area contributed by atoms with Crippen LogP contribution in [0, 0.1) is 20.8 Å². The van der Waals surface area contributed by atoms with Crippen LogP contribution in [0.1, 0.15) is 40.1 Å². The topological polar surface area (TPSA) is 46.9 Å². The van der Waals surface area contributed by atoms with Crippen LogP contribution in [0.5, 0.6) is 0 Å². The van der Waals surface area contributed by atoms with Crippen LogP contribution in [0.3, 0.4) is 0 Å². The molecule has 1 heterocycles. The van der Waals surface area contributed by atoms with Crippen molar-refractivity contribution in [1.82, 2.24) is 14.9 Å². The van der Waals surface area contributed by atoms with E-state index < -0.39 is 0 Å². The highest BCUT2D eigenvalue weighted by Gasteiger charge is 2.13. The lowest BCUT2D eigenvalue weighted by molar-refractivity contribution is -0.120. The number of nitrogens with zero attached hydrogens (tertiary/aromatic N) is 2. The van der Waals surface area contributed by atoms with Crippen LogP contribution in [-0.2, 0) is 24.2 Å². The molecule has 4 aromatic rings. The van der Waals surface area contributed by atoms with Crippen LogP contribution in [0.2, 0.25) is 5.02 Å². The van der Waals surface area contributed by atoms with Crippen molar-refractivity contribution >= 4 is 28.5 Å². The zero-order valence-corrected chi connectivity index (χ0v) is 20.2. The molecule has 33 heavy (non-hydrogen) atoms. The second-order valence-corrected chi connectivity index (χ2v) is 9.17. The summed E-state index contributed by atoms with van der Waals surface area (Å²) in [5.41, 5.74) is 8.39. The van der Waals surface area contributed by atoms with Crippen molar-refractivity contribution in [2.45, 2.75) is 46.6 Å². The highest BCUT2D eigenvalue weighted by Crippen LogP contribution is 2.23. The van der Waals surface area contributed by atoms with Gasteiger partial charge in [-0.15, -0.1) is 0 Å². The first-order chi connectivity index (χ1) is 15.9. The first-order valence-electron chi connectivity index (χ1n) is 11.4. The molecular weight excluding hydrogens is 430 g/mol. The lowest BCUT2D eigenvalue weighted by Gasteiger charge is -2.15. The maximum Gasteiger partial charge on any atom is 0.224 e. The number of benzene rings is 3. The minimum atomic E-state index is 0.0248. The van der Waals surface area contributed by atoms with Gasteiger partial charge < -0.3 is 9.88 Å². The van der Waals surface area contributed by atoms with Crippen molar-refractivity contribution in [3.63, 3.8) is 0 Å². The Balaban J connectivity index is 1.44. The van der Waals surface area contributed by atoms with Crippen molar-refractivity contribution in [2.24, 2.45) is 0 Å². The van der Waals surface area contributed by atoms with Gasteiger partial charge in [-0.1, -0.05) is 53.6 Å². The molecule has 0 atom stereocenters. The SMILES string of the molecule is Cc1cc(C)c(Cn2c(CCCNC(=O)Cc3ccc(Cl)cc3)nc3ccccc32)c(C)c1. The summed E-state index contributed by atoms with van der Waals surface area (Å²) in [6.07, 6.45) is 2.00. The number of hydrogen-bond acceptors (Lipinski definition) is 2. The number of amides is 1. The highest BCUT2D eigenvalue weighted by atomic mass is 35.5. The summed E-state index contributed by atoms with van der Waals surface area (Å²) in [6, 6.07) is 20.2. The number of para-hydroxylation sites is 2. The van der Waals surface area contributed by atoms with Crippen molar-refractivity contribution in [3.8, 4) is 0 Å². The number of aromatic nitrogens is 2. The Hall–Kier alpha value is -3.11. The van der Waals surface area contributed by atoms with Gasteiger partial charge in [-0.05, 0) is 73.7 Å². The summed E-state index contributed by atoms with van der Waals surface area (Å²) < 4.78 is 2.33. The van der Waals surface area contributed by atoms with E-state index in [0.29, 0.717) is 18.0 Å². The van der Waals surface area contributed by atoms with E-state index in [2.05, 4.69) is 61.0 Å². The predicted molar refractivity (Wildman–Crippen MR) is 136 cm³/mol. The molecule has 170 valence electrons. The summed E-state index contributed by atoms with van der Waals surface area (Å²) in [6.45, 7) is 7.94. The normalized spacial score (nSPS) is 11.2. The number of aryl methyl sites for hydroxylation is 4. The monoisotopic (exact) mass is 459 g/mol. The number of imidazole rings is 1. The first-order valence-corrected chi connectivity index (χ1v) is 11.8. The fourth-order valence-electron chi connectivity index (χ4n) is 4.43. The lowest BCUT2D eigenvalue weighted by atomic mass is 9.99. The summed E-state index contributed by atoms with van der Waals surface area (Å²) in [5, 5.41) is 3.71. The molecule has 0 saturated heterocycles. The molecule has 4 nitrogen and oxygen atoms in total. The zero-order chi connectivity index (χ0) is 23.4. The van der Waals surface area contributed by atoms with Gasteiger partial charge in [0.1, 0.15) is 5.82 Å². The van der Waals surface area contributed by atoms with E-state index in [9.17, 15) is 4.79 Å². The zero-order valence-electron chi connectivity index (χ0n) is 19.5. The van der Waals surface area contributed by atoms with Gasteiger partial charge in [-0.3, -0.25) is 4.79 Å². The highest BCUT2D eigenvalue weighted by molar-refractivity contribution is 6.30. The van der Waals surface area contributed by atoms with Crippen LogP contribution in [-0.4, -0.2) is 22.0 Å². The van der Waals surface area contributed by atoms with Gasteiger partial charge in [0.2, 0.25) is 5.91 Å². The number of carbonyl (C=O) groups is 1. The van der Waals surface area contributed by atoms with E-state index in [-0.39, 0.29) is 5.91 Å². The second-order valence-electron chi connectivity index (χ2n) is 8.74. The van der Waals surface area contributed by atoms with Gasteiger partial charge in [0.15, 0.2) is 0 Å². The van der Waals surface area contributed by atoms with Crippen LogP contribution in [0.25, 0.3) is 11.0 Å². The molecule has 0 aliphatic carbocycles. The van der Waals surface area contributed by atoms with E-state index in [0.717, 1.165) is 41.8 Å². The van der Waals surface area contributed by atoms with Crippen LogP contribution in [0.4, 0.5) is 0 Å². The molecule has 4 rings (SSSR count). The minimum Gasteiger partial charge on any atom is -0.356 e. The lowest BCUT2D eigenvalue weighted by Crippen LogP contribution is -2.26. The third kappa shape index (κ3) is 5.63. The average molecular weight is 460 g/mol. The van der Waals surface area contributed by atoms with E-state index in [4.69, 9.17) is 16.6 Å². The Morgan fingerprint density at radius 1 is 1.00 bits per heavy atom. The molecular formula is C28H30ClN3O. The van der Waals surface area contributed by atoms with Gasteiger partial charge in [-0.25, -0.2) is 4.98 Å². The minimum absolute atomic E-state index is 0.0248. The number of hydrogen-bond donors (Lipinski definition) is 1. The largest absolute Gasteiger partial charge is 0.356 e. The molecule has 0 unspecified atom stereocenters. The Morgan fingerprint density at radius 2 is 1.70 bits per heavy atom. The molecule has 0 radical (unpaired) electrons. The quantitative estimate of drug-likeness (QED) is 0.331. The molecule has 0 saturated carbocycles. The summed E-state index contributed by atoms with van der Waals surface area (Å²) >= 11 is 5.92. The Bertz CT molecular complexity index is 1250. The third-order valence-electron chi connectivity index (χ3n) is 6.07.